The molecule has 31 heavy (non-hydrogen) atoms. The number of nitrogens with zero attached hydrogens (tertiary/aromatic N) is 3. The van der Waals surface area contributed by atoms with E-state index < -0.39 is 67.0 Å². The number of rotatable bonds is 6. The molecule has 0 aliphatic carbocycles. The van der Waals surface area contributed by atoms with E-state index in [1.807, 2.05) is 0 Å². The summed E-state index contributed by atoms with van der Waals surface area (Å²) in [6.07, 6.45) is -5.89. The number of carbonyl (C=O) groups is 2. The van der Waals surface area contributed by atoms with Crippen molar-refractivity contribution in [3.63, 3.8) is 0 Å². The van der Waals surface area contributed by atoms with Gasteiger partial charge in [0.15, 0.2) is 12.0 Å². The standard InChI is InChI=1S/C17H27N5O9/c1-7(24)20-11-8(25)3-17(2,29)31-9(11)4-18-15(28)14-19-6-22(21-14)16-13(27)12(26)10(5-23)30-16/h6,8-13,16,23,25-27,29H,3-5H2,1-2H3,(H,18,28)(H,20,24). The topological polar surface area (TPSA) is 209 Å². The van der Waals surface area contributed by atoms with E-state index >= 15 is 0 Å². The van der Waals surface area contributed by atoms with Crippen molar-refractivity contribution in [3.8, 4) is 0 Å². The molecule has 14 heteroatoms. The van der Waals surface area contributed by atoms with Crippen LogP contribution >= 0.6 is 0 Å². The van der Waals surface area contributed by atoms with E-state index in [4.69, 9.17) is 14.6 Å². The first-order chi connectivity index (χ1) is 14.5. The molecule has 174 valence electrons. The number of ether oxygens (including phenoxy) is 2. The van der Waals surface area contributed by atoms with Gasteiger partial charge in [0.1, 0.15) is 30.7 Å². The molecule has 0 radical (unpaired) electrons. The van der Waals surface area contributed by atoms with E-state index in [-0.39, 0.29) is 18.8 Å². The highest BCUT2D eigenvalue weighted by atomic mass is 16.6. The first kappa shape index (κ1) is 23.5. The SMILES string of the molecule is CC(=O)NC1C(O)CC(C)(O)OC1CNC(=O)c1ncn(C2OC(CO)C(O)C2O)n1. The molecule has 3 rings (SSSR count). The number of nitrogens with one attached hydrogen (secondary N) is 2. The van der Waals surface area contributed by atoms with Gasteiger partial charge in [-0.3, -0.25) is 9.59 Å². The Bertz CT molecular complexity index is 803. The van der Waals surface area contributed by atoms with Crippen LogP contribution in [0.4, 0.5) is 0 Å². The highest BCUT2D eigenvalue weighted by Crippen LogP contribution is 2.29. The normalized spacial score (nSPS) is 38.1. The third-order valence-electron chi connectivity index (χ3n) is 5.13. The van der Waals surface area contributed by atoms with E-state index in [0.717, 1.165) is 11.0 Å². The molecule has 2 fully saturated rings. The molecular weight excluding hydrogens is 418 g/mol. The van der Waals surface area contributed by atoms with Crippen LogP contribution in [0.2, 0.25) is 0 Å². The van der Waals surface area contributed by atoms with Gasteiger partial charge in [-0.05, 0) is 6.92 Å². The monoisotopic (exact) mass is 445 g/mol. The minimum Gasteiger partial charge on any atom is -0.394 e. The summed E-state index contributed by atoms with van der Waals surface area (Å²) in [7, 11) is 0. The Hall–Kier alpha value is -2.20. The van der Waals surface area contributed by atoms with Crippen molar-refractivity contribution in [2.45, 2.75) is 68.8 Å². The molecule has 0 spiro atoms. The molecule has 0 saturated carbocycles. The van der Waals surface area contributed by atoms with Crippen molar-refractivity contribution in [2.24, 2.45) is 0 Å². The van der Waals surface area contributed by atoms with E-state index in [0.29, 0.717) is 0 Å². The van der Waals surface area contributed by atoms with Crippen molar-refractivity contribution in [1.82, 2.24) is 25.4 Å². The molecule has 8 atom stereocenters. The minimum absolute atomic E-state index is 0.126. The molecule has 3 heterocycles. The lowest BCUT2D eigenvalue weighted by Gasteiger charge is -2.43. The quantitative estimate of drug-likeness (QED) is 0.224. The van der Waals surface area contributed by atoms with Crippen LogP contribution in [0, 0.1) is 0 Å². The van der Waals surface area contributed by atoms with E-state index in [1.165, 1.54) is 13.8 Å². The lowest BCUT2D eigenvalue weighted by molar-refractivity contribution is -0.267. The van der Waals surface area contributed by atoms with Crippen LogP contribution in [0.5, 0.6) is 0 Å². The number of amides is 2. The molecule has 7 N–H and O–H groups in total. The van der Waals surface area contributed by atoms with Gasteiger partial charge in [-0.25, -0.2) is 9.67 Å². The third kappa shape index (κ3) is 5.17. The summed E-state index contributed by atoms with van der Waals surface area (Å²) in [5.74, 6) is -3.07. The maximum absolute atomic E-state index is 12.4. The van der Waals surface area contributed by atoms with Gasteiger partial charge >= 0.3 is 0 Å². The fourth-order valence-electron chi connectivity index (χ4n) is 3.68. The van der Waals surface area contributed by atoms with Crippen LogP contribution < -0.4 is 10.6 Å². The second-order valence-electron chi connectivity index (χ2n) is 7.82. The largest absolute Gasteiger partial charge is 0.394 e. The summed E-state index contributed by atoms with van der Waals surface area (Å²) in [4.78, 5) is 27.7. The first-order valence-electron chi connectivity index (χ1n) is 9.69. The Balaban J connectivity index is 1.64. The third-order valence-corrected chi connectivity index (χ3v) is 5.13. The van der Waals surface area contributed by atoms with Crippen LogP contribution in [0.15, 0.2) is 6.33 Å². The molecule has 0 bridgehead atoms. The van der Waals surface area contributed by atoms with Gasteiger partial charge in [-0.1, -0.05) is 0 Å². The van der Waals surface area contributed by atoms with Gasteiger partial charge in [0.05, 0.1) is 18.8 Å². The van der Waals surface area contributed by atoms with Crippen molar-refractivity contribution in [2.75, 3.05) is 13.2 Å². The van der Waals surface area contributed by atoms with E-state index in [1.54, 1.807) is 0 Å². The lowest BCUT2D eigenvalue weighted by atomic mass is 9.93. The molecule has 2 saturated heterocycles. The van der Waals surface area contributed by atoms with Crippen LogP contribution in [0.3, 0.4) is 0 Å². The fraction of sp³-hybridized carbons (Fsp3) is 0.765. The van der Waals surface area contributed by atoms with Gasteiger partial charge in [-0.15, -0.1) is 5.10 Å². The molecule has 1 aromatic rings. The zero-order valence-electron chi connectivity index (χ0n) is 17.0. The van der Waals surface area contributed by atoms with Crippen LogP contribution in [-0.2, 0) is 14.3 Å². The second-order valence-corrected chi connectivity index (χ2v) is 7.82. The fourth-order valence-corrected chi connectivity index (χ4v) is 3.68. The van der Waals surface area contributed by atoms with Gasteiger partial charge in [0, 0.05) is 19.9 Å². The van der Waals surface area contributed by atoms with Crippen molar-refractivity contribution in [1.29, 1.82) is 0 Å². The van der Waals surface area contributed by atoms with Gasteiger partial charge < -0.3 is 45.6 Å². The van der Waals surface area contributed by atoms with Crippen molar-refractivity contribution >= 4 is 11.8 Å². The van der Waals surface area contributed by atoms with Gasteiger partial charge in [0.25, 0.3) is 5.91 Å². The predicted octanol–water partition coefficient (Wildman–Crippen LogP) is -4.02. The zero-order valence-corrected chi connectivity index (χ0v) is 17.0. The zero-order chi connectivity index (χ0) is 22.9. The van der Waals surface area contributed by atoms with Crippen LogP contribution in [0.25, 0.3) is 0 Å². The Kier molecular flexibility index (Phi) is 6.90. The Morgan fingerprint density at radius 2 is 2.00 bits per heavy atom. The first-order valence-corrected chi connectivity index (χ1v) is 9.69. The molecule has 8 unspecified atom stereocenters. The molecule has 2 aliphatic heterocycles. The highest BCUT2D eigenvalue weighted by Gasteiger charge is 2.45. The maximum Gasteiger partial charge on any atom is 0.291 e. The molecule has 2 amide bonds. The number of aliphatic hydroxyl groups is 5. The minimum atomic E-state index is -1.65. The Labute approximate surface area is 176 Å². The van der Waals surface area contributed by atoms with Crippen LogP contribution in [0.1, 0.15) is 37.1 Å². The number of hydrogen-bond donors (Lipinski definition) is 7. The summed E-state index contributed by atoms with van der Waals surface area (Å²) in [5, 5.41) is 58.4. The molecule has 2 aliphatic rings. The Morgan fingerprint density at radius 3 is 2.61 bits per heavy atom. The number of aromatic nitrogens is 3. The Morgan fingerprint density at radius 1 is 1.29 bits per heavy atom. The summed E-state index contributed by atoms with van der Waals surface area (Å²) in [6.45, 7) is 1.94. The summed E-state index contributed by atoms with van der Waals surface area (Å²) in [6, 6.07) is -0.859. The average Bonchev–Trinajstić information content (AvgIpc) is 3.27. The molecule has 1 aromatic heterocycles. The smallest absolute Gasteiger partial charge is 0.291 e. The van der Waals surface area contributed by atoms with Crippen LogP contribution in [-0.4, -0.2) is 108 Å². The maximum atomic E-state index is 12.4. The number of hydrogen-bond acceptors (Lipinski definition) is 11. The summed E-state index contributed by atoms with van der Waals surface area (Å²) < 4.78 is 11.9. The van der Waals surface area contributed by atoms with Crippen molar-refractivity contribution in [3.05, 3.63) is 12.2 Å². The predicted molar refractivity (Wildman–Crippen MR) is 99.1 cm³/mol. The molecule has 0 aromatic carbocycles. The average molecular weight is 445 g/mol. The highest BCUT2D eigenvalue weighted by molar-refractivity contribution is 5.90. The van der Waals surface area contributed by atoms with Gasteiger partial charge in [0.2, 0.25) is 11.7 Å². The van der Waals surface area contributed by atoms with Gasteiger partial charge in [-0.2, -0.15) is 0 Å². The summed E-state index contributed by atoms with van der Waals surface area (Å²) >= 11 is 0. The van der Waals surface area contributed by atoms with E-state index in [2.05, 4.69) is 20.7 Å². The lowest BCUT2D eigenvalue weighted by Crippen LogP contribution is -2.62. The number of carbonyl (C=O) groups excluding carboxylic acids is 2. The van der Waals surface area contributed by atoms with Crippen molar-refractivity contribution < 1.29 is 44.6 Å². The molecular formula is C17H27N5O9. The molecule has 14 nitrogen and oxygen atoms in total. The summed E-state index contributed by atoms with van der Waals surface area (Å²) in [5.41, 5.74) is 0. The number of aliphatic hydroxyl groups excluding tert-OH is 4. The second kappa shape index (κ2) is 9.12. The van der Waals surface area contributed by atoms with E-state index in [9.17, 15) is 30.0 Å².